The molecule has 1 amide bonds. The van der Waals surface area contributed by atoms with Gasteiger partial charge in [-0.15, -0.1) is 10.2 Å². The summed E-state index contributed by atoms with van der Waals surface area (Å²) in [5.74, 6) is 0.348. The Balaban J connectivity index is 1.65. The lowest BCUT2D eigenvalue weighted by Crippen LogP contribution is -2.17. The van der Waals surface area contributed by atoms with Crippen LogP contribution in [0.2, 0.25) is 0 Å². The molecule has 1 N–H and O–H groups in total. The van der Waals surface area contributed by atoms with E-state index in [1.165, 1.54) is 17.4 Å². The lowest BCUT2D eigenvalue weighted by Gasteiger charge is -2.01. The van der Waals surface area contributed by atoms with Gasteiger partial charge in [-0.05, 0) is 18.6 Å². The fourth-order valence-electron chi connectivity index (χ4n) is 2.44. The number of aryl methyl sites for hydroxylation is 1. The number of fused-ring (bicyclic) bond motifs is 2. The van der Waals surface area contributed by atoms with E-state index >= 15 is 0 Å². The first-order valence-corrected chi connectivity index (χ1v) is 7.32. The van der Waals surface area contributed by atoms with Crippen LogP contribution in [0.15, 0.2) is 18.2 Å². The molecule has 0 atom stereocenters. The van der Waals surface area contributed by atoms with Gasteiger partial charge in [-0.3, -0.25) is 10.1 Å². The number of carbonyl (C=O) groups excluding carboxylic acids is 1. The molecule has 106 valence electrons. The van der Waals surface area contributed by atoms with Crippen molar-refractivity contribution in [3.05, 3.63) is 35.7 Å². The quantitative estimate of drug-likeness (QED) is 0.788. The largest absolute Gasteiger partial charge is 0.307 e. The highest BCUT2D eigenvalue weighted by Crippen LogP contribution is 2.27. The molecule has 2 aromatic heterocycles. The number of nitrogens with zero attached hydrogens (tertiary/aromatic N) is 4. The topological polar surface area (TPSA) is 72.7 Å². The Bertz CT molecular complexity index is 855. The number of carbonyl (C=O) groups is 1. The summed E-state index contributed by atoms with van der Waals surface area (Å²) in [6.45, 7) is 0.750. The van der Waals surface area contributed by atoms with E-state index in [2.05, 4.69) is 20.5 Å². The summed E-state index contributed by atoms with van der Waals surface area (Å²) in [5.41, 5.74) is 0.268. The highest BCUT2D eigenvalue weighted by atomic mass is 32.1. The normalized spacial score (nSPS) is 13.6. The Hall–Kier alpha value is -2.35. The minimum atomic E-state index is -0.396. The predicted molar refractivity (Wildman–Crippen MR) is 75.9 cm³/mol. The van der Waals surface area contributed by atoms with Gasteiger partial charge < -0.3 is 4.57 Å². The van der Waals surface area contributed by atoms with E-state index in [1.54, 1.807) is 12.1 Å². The number of benzene rings is 1. The maximum absolute atomic E-state index is 13.6. The molecular weight excluding hydrogens is 293 g/mol. The van der Waals surface area contributed by atoms with Gasteiger partial charge in [-0.25, -0.2) is 9.37 Å². The number of nitrogens with one attached hydrogen (secondary N) is 1. The van der Waals surface area contributed by atoms with Crippen LogP contribution in [0.1, 0.15) is 22.9 Å². The highest BCUT2D eigenvalue weighted by Gasteiger charge is 2.23. The van der Waals surface area contributed by atoms with Crippen LogP contribution in [0.3, 0.4) is 0 Å². The average molecular weight is 303 g/mol. The molecule has 1 aliphatic rings. The van der Waals surface area contributed by atoms with Gasteiger partial charge >= 0.3 is 0 Å². The number of aromatic nitrogens is 4. The number of hydrogen-bond acceptors (Lipinski definition) is 5. The number of halogens is 1. The monoisotopic (exact) mass is 303 g/mol. The first kappa shape index (κ1) is 12.4. The van der Waals surface area contributed by atoms with Gasteiger partial charge in [0, 0.05) is 13.0 Å². The van der Waals surface area contributed by atoms with Crippen LogP contribution in [-0.2, 0) is 13.0 Å². The number of amides is 1. The molecule has 0 fully saturated rings. The molecule has 0 aliphatic carbocycles. The van der Waals surface area contributed by atoms with Crippen molar-refractivity contribution in [3.63, 3.8) is 0 Å². The van der Waals surface area contributed by atoms with Gasteiger partial charge in [0.05, 0.1) is 4.70 Å². The van der Waals surface area contributed by atoms with Gasteiger partial charge in [0.15, 0.2) is 5.13 Å². The van der Waals surface area contributed by atoms with Gasteiger partial charge in [0.1, 0.15) is 17.2 Å². The van der Waals surface area contributed by atoms with Crippen molar-refractivity contribution in [2.75, 3.05) is 5.32 Å². The molecule has 0 unspecified atom stereocenters. The van der Waals surface area contributed by atoms with E-state index in [9.17, 15) is 9.18 Å². The number of anilines is 1. The SMILES string of the molecule is O=C(Nc1nc2c(F)cccc2s1)c1nnc2n1CCC2. The van der Waals surface area contributed by atoms with E-state index in [1.807, 2.05) is 4.57 Å². The first-order valence-electron chi connectivity index (χ1n) is 6.51. The van der Waals surface area contributed by atoms with Crippen LogP contribution in [-0.4, -0.2) is 25.7 Å². The average Bonchev–Trinajstić information content (AvgIpc) is 3.11. The van der Waals surface area contributed by atoms with Crippen LogP contribution in [0.4, 0.5) is 9.52 Å². The molecule has 4 rings (SSSR count). The number of para-hydroxylation sites is 1. The van der Waals surface area contributed by atoms with Crippen molar-refractivity contribution in [2.24, 2.45) is 0 Å². The van der Waals surface area contributed by atoms with Crippen LogP contribution in [0, 0.1) is 5.82 Å². The second-order valence-corrected chi connectivity index (χ2v) is 5.79. The molecule has 8 heteroatoms. The van der Waals surface area contributed by atoms with Crippen LogP contribution < -0.4 is 5.32 Å². The first-order chi connectivity index (χ1) is 10.2. The summed E-state index contributed by atoms with van der Waals surface area (Å²) in [4.78, 5) is 16.3. The molecule has 0 spiro atoms. The van der Waals surface area contributed by atoms with Crippen molar-refractivity contribution in [1.29, 1.82) is 0 Å². The zero-order valence-electron chi connectivity index (χ0n) is 10.8. The molecule has 3 heterocycles. The predicted octanol–water partition coefficient (Wildman–Crippen LogP) is 2.23. The van der Waals surface area contributed by atoms with Crippen LogP contribution in [0.5, 0.6) is 0 Å². The minimum absolute atomic E-state index is 0.268. The van der Waals surface area contributed by atoms with Gasteiger partial charge in [-0.2, -0.15) is 0 Å². The number of hydrogen-bond donors (Lipinski definition) is 1. The van der Waals surface area contributed by atoms with Gasteiger partial charge in [0.2, 0.25) is 5.82 Å². The molecule has 0 saturated carbocycles. The van der Waals surface area contributed by atoms with Crippen molar-refractivity contribution in [1.82, 2.24) is 19.7 Å². The summed E-state index contributed by atoms with van der Waals surface area (Å²) >= 11 is 1.23. The zero-order valence-corrected chi connectivity index (χ0v) is 11.7. The third kappa shape index (κ3) is 1.99. The molecule has 0 bridgehead atoms. The lowest BCUT2D eigenvalue weighted by molar-refractivity contribution is 0.101. The van der Waals surface area contributed by atoms with E-state index in [-0.39, 0.29) is 17.2 Å². The Morgan fingerprint density at radius 2 is 2.29 bits per heavy atom. The molecule has 21 heavy (non-hydrogen) atoms. The molecular formula is C13H10FN5OS. The van der Waals surface area contributed by atoms with Gasteiger partial charge in [0.25, 0.3) is 5.91 Å². The Kier molecular flexibility index (Phi) is 2.71. The number of thiazole rings is 1. The van der Waals surface area contributed by atoms with Crippen molar-refractivity contribution in [3.8, 4) is 0 Å². The minimum Gasteiger partial charge on any atom is -0.307 e. The van der Waals surface area contributed by atoms with Crippen molar-refractivity contribution < 1.29 is 9.18 Å². The van der Waals surface area contributed by atoms with E-state index in [0.29, 0.717) is 9.83 Å². The van der Waals surface area contributed by atoms with E-state index in [0.717, 1.165) is 25.2 Å². The lowest BCUT2D eigenvalue weighted by atomic mass is 10.3. The third-order valence-electron chi connectivity index (χ3n) is 3.40. The summed E-state index contributed by atoms with van der Waals surface area (Å²) in [6.07, 6.45) is 1.81. The maximum atomic E-state index is 13.6. The second kappa shape index (κ2) is 4.59. The molecule has 3 aromatic rings. The van der Waals surface area contributed by atoms with Crippen LogP contribution in [0.25, 0.3) is 10.2 Å². The van der Waals surface area contributed by atoms with E-state index in [4.69, 9.17) is 0 Å². The fourth-order valence-corrected chi connectivity index (χ4v) is 3.32. The Morgan fingerprint density at radius 1 is 1.38 bits per heavy atom. The Labute approximate surface area is 122 Å². The summed E-state index contributed by atoms with van der Waals surface area (Å²) in [5, 5.41) is 10.9. The summed E-state index contributed by atoms with van der Waals surface area (Å²) in [7, 11) is 0. The summed E-state index contributed by atoms with van der Waals surface area (Å²) in [6, 6.07) is 4.73. The van der Waals surface area contributed by atoms with Crippen molar-refractivity contribution >= 4 is 32.6 Å². The fraction of sp³-hybridized carbons (Fsp3) is 0.231. The Morgan fingerprint density at radius 3 is 3.14 bits per heavy atom. The molecule has 1 aromatic carbocycles. The molecule has 1 aliphatic heterocycles. The molecule has 0 radical (unpaired) electrons. The molecule has 0 saturated heterocycles. The van der Waals surface area contributed by atoms with E-state index < -0.39 is 5.82 Å². The highest BCUT2D eigenvalue weighted by molar-refractivity contribution is 7.22. The second-order valence-electron chi connectivity index (χ2n) is 4.75. The summed E-state index contributed by atoms with van der Waals surface area (Å²) < 4.78 is 16.1. The standard InChI is InChI=1S/C13H10FN5OS/c14-7-3-1-4-8-10(7)15-13(21-8)16-12(20)11-18-17-9-5-2-6-19(9)11/h1,3-4H,2,5-6H2,(H,15,16,20). The third-order valence-corrected chi connectivity index (χ3v) is 4.34. The van der Waals surface area contributed by atoms with Gasteiger partial charge in [-0.1, -0.05) is 17.4 Å². The molecule has 6 nitrogen and oxygen atoms in total. The number of rotatable bonds is 2. The smallest absolute Gasteiger partial charge is 0.295 e. The maximum Gasteiger partial charge on any atom is 0.295 e. The van der Waals surface area contributed by atoms with Crippen LogP contribution >= 0.6 is 11.3 Å². The zero-order chi connectivity index (χ0) is 14.4. The van der Waals surface area contributed by atoms with Crippen molar-refractivity contribution in [2.45, 2.75) is 19.4 Å².